The Morgan fingerprint density at radius 2 is 1.30 bits per heavy atom. The number of hydrogen-bond donors (Lipinski definition) is 0. The highest BCUT2D eigenvalue weighted by molar-refractivity contribution is 8.56. The van der Waals surface area contributed by atoms with E-state index in [1.54, 1.807) is 0 Å². The largest absolute Gasteiger partial charge is 0.455 e. The number of hydrogen-bond acceptors (Lipinski definition) is 4. The van der Waals surface area contributed by atoms with Crippen LogP contribution in [-0.2, 0) is 5.41 Å². The third-order valence-electron chi connectivity index (χ3n) is 10.5. The maximum absolute atomic E-state index is 6.77. The molecule has 1 aromatic heterocycles. The van der Waals surface area contributed by atoms with Gasteiger partial charge in [-0.3, -0.25) is 0 Å². The van der Waals surface area contributed by atoms with Crippen LogP contribution in [0, 0.1) is 0 Å². The van der Waals surface area contributed by atoms with Gasteiger partial charge in [-0.25, -0.2) is 0 Å². The van der Waals surface area contributed by atoms with E-state index in [-0.39, 0.29) is 10.7 Å². The molecule has 4 heterocycles. The summed E-state index contributed by atoms with van der Waals surface area (Å²) in [5, 5.41) is 2.54. The maximum atomic E-state index is 6.77. The van der Waals surface area contributed by atoms with E-state index in [0.717, 1.165) is 38.9 Å². The summed E-state index contributed by atoms with van der Waals surface area (Å²) in [6.45, 7) is 8.75. The molecule has 3 aliphatic rings. The van der Waals surface area contributed by atoms with Crippen LogP contribution in [0.25, 0.3) is 49.9 Å². The first-order valence-corrected chi connectivity index (χ1v) is 18.8. The van der Waals surface area contributed by atoms with Crippen LogP contribution in [0.3, 0.4) is 0 Å². The zero-order valence-electron chi connectivity index (χ0n) is 27.8. The Morgan fingerprint density at radius 1 is 0.680 bits per heavy atom. The second-order valence-electron chi connectivity index (χ2n) is 13.6. The van der Waals surface area contributed by atoms with Crippen molar-refractivity contribution in [2.45, 2.75) is 29.1 Å². The van der Waals surface area contributed by atoms with E-state index in [0.29, 0.717) is 0 Å². The van der Waals surface area contributed by atoms with Gasteiger partial charge < -0.3 is 9.32 Å². The van der Waals surface area contributed by atoms with Gasteiger partial charge in [0.25, 0.3) is 0 Å². The maximum Gasteiger partial charge on any atom is 0.318 e. The monoisotopic (exact) mass is 677 g/mol. The fraction of sp³-hybridized carbons (Fsp3) is 0.0667. The second kappa shape index (κ2) is 11.2. The smallest absolute Gasteiger partial charge is 0.318 e. The molecule has 0 radical (unpaired) electrons. The van der Waals surface area contributed by atoms with Crippen LogP contribution in [0.1, 0.15) is 25.0 Å². The van der Waals surface area contributed by atoms with Crippen molar-refractivity contribution < 1.29 is 4.42 Å². The summed E-state index contributed by atoms with van der Waals surface area (Å²) < 4.78 is 6.77. The highest BCUT2D eigenvalue weighted by atomic mass is 32.2. The number of allylic oxidation sites excluding steroid dienone is 4. The van der Waals surface area contributed by atoms with Gasteiger partial charge in [-0.15, -0.1) is 0 Å². The average molecular weight is 678 g/mol. The molecule has 3 aliphatic heterocycles. The summed E-state index contributed by atoms with van der Waals surface area (Å²) in [7, 11) is 0. The van der Waals surface area contributed by atoms with Crippen LogP contribution in [0.5, 0.6) is 0 Å². The normalized spacial score (nSPS) is 15.6. The minimum Gasteiger partial charge on any atom is -0.455 e. The number of rotatable bonds is 4. The van der Waals surface area contributed by atoms with E-state index in [1.165, 1.54) is 54.3 Å². The number of nitrogens with zero attached hydrogens (tertiary/aromatic N) is 1. The molecule has 0 atom stereocenters. The van der Waals surface area contributed by atoms with Gasteiger partial charge in [0.1, 0.15) is 11.2 Å². The van der Waals surface area contributed by atoms with Crippen LogP contribution in [-0.4, -0.2) is 5.27 Å². The molecule has 0 saturated heterocycles. The van der Waals surface area contributed by atoms with Gasteiger partial charge in [-0.05, 0) is 81.3 Å². The van der Waals surface area contributed by atoms with Crippen LogP contribution in [0.15, 0.2) is 172 Å². The molecule has 0 bridgehead atoms. The number of para-hydroxylation sites is 3. The lowest BCUT2D eigenvalue weighted by Crippen LogP contribution is -2.36. The zero-order valence-corrected chi connectivity index (χ0v) is 29.4. The van der Waals surface area contributed by atoms with Crippen molar-refractivity contribution in [3.05, 3.63) is 169 Å². The summed E-state index contributed by atoms with van der Waals surface area (Å²) in [5.41, 5.74) is 15.1. The standard InChI is InChI=1S/C45H32BNOS2/c1-4-5-20-37-43(33-19-14-18-32-29-15-6-11-23-39(29)48-44(32)33)47(38-22-10-9-21-36(38)45(37,2)3)28-26-34-30-16-7-12-24-40(30)49-46-42(34)35(27-28)31-17-8-13-25-41(31)50-46/h4-27H,1H2,2-3H3/b20-5-. The third-order valence-corrected chi connectivity index (χ3v) is 13.2. The molecule has 6 aromatic carbocycles. The Kier molecular flexibility index (Phi) is 6.68. The molecule has 10 rings (SSSR count). The minimum atomic E-state index is -0.309. The molecule has 7 aromatic rings. The highest BCUT2D eigenvalue weighted by Gasteiger charge is 2.41. The van der Waals surface area contributed by atoms with E-state index in [4.69, 9.17) is 4.42 Å². The minimum absolute atomic E-state index is 0.289. The van der Waals surface area contributed by atoms with E-state index in [9.17, 15) is 0 Å². The van der Waals surface area contributed by atoms with Crippen molar-refractivity contribution in [3.8, 4) is 22.3 Å². The Balaban J connectivity index is 1.34. The molecule has 0 aliphatic carbocycles. The zero-order chi connectivity index (χ0) is 33.6. The fourth-order valence-corrected chi connectivity index (χ4v) is 11.2. The van der Waals surface area contributed by atoms with E-state index in [1.807, 2.05) is 35.4 Å². The molecule has 238 valence electrons. The summed E-state index contributed by atoms with van der Waals surface area (Å²) in [6.07, 6.45) is 6.20. The van der Waals surface area contributed by atoms with E-state index < -0.39 is 0 Å². The van der Waals surface area contributed by atoms with Crippen molar-refractivity contribution >= 4 is 73.0 Å². The molecular weight excluding hydrogens is 645 g/mol. The summed E-state index contributed by atoms with van der Waals surface area (Å²) in [5.74, 6) is 0. The number of benzene rings is 6. The quantitative estimate of drug-likeness (QED) is 0.136. The Morgan fingerprint density at radius 3 is 2.04 bits per heavy atom. The molecule has 50 heavy (non-hydrogen) atoms. The van der Waals surface area contributed by atoms with Crippen LogP contribution in [0.4, 0.5) is 11.4 Å². The first-order chi connectivity index (χ1) is 24.5. The second-order valence-corrected chi connectivity index (χ2v) is 16.2. The van der Waals surface area contributed by atoms with Gasteiger partial charge in [-0.2, -0.15) is 23.2 Å². The van der Waals surface area contributed by atoms with Crippen molar-refractivity contribution in [1.82, 2.24) is 0 Å². The van der Waals surface area contributed by atoms with Gasteiger partial charge >= 0.3 is 5.27 Å². The lowest BCUT2D eigenvalue weighted by molar-refractivity contribution is 0.631. The van der Waals surface area contributed by atoms with Crippen molar-refractivity contribution in [1.29, 1.82) is 0 Å². The van der Waals surface area contributed by atoms with Crippen molar-refractivity contribution in [2.75, 3.05) is 4.90 Å². The van der Waals surface area contributed by atoms with Crippen LogP contribution in [0.2, 0.25) is 0 Å². The van der Waals surface area contributed by atoms with E-state index >= 15 is 0 Å². The molecule has 2 nitrogen and oxygen atoms in total. The molecule has 0 spiro atoms. The lowest BCUT2D eigenvalue weighted by Gasteiger charge is -2.44. The average Bonchev–Trinajstić information content (AvgIpc) is 3.53. The van der Waals surface area contributed by atoms with Crippen molar-refractivity contribution in [2.24, 2.45) is 0 Å². The first kappa shape index (κ1) is 29.8. The molecule has 5 heteroatoms. The SMILES string of the molecule is C=C/C=C\C1=C(c2cccc3c2oc2ccccc23)N(c2cc3c4c(c2)-c2ccccc2SB4Sc2ccccc2-3)c2ccccc2C1(C)C. The van der Waals surface area contributed by atoms with Crippen LogP contribution < -0.4 is 10.4 Å². The lowest BCUT2D eigenvalue weighted by atomic mass is 9.71. The fourth-order valence-electron chi connectivity index (χ4n) is 8.22. The van der Waals surface area contributed by atoms with Gasteiger partial charge in [0.2, 0.25) is 0 Å². The number of furan rings is 1. The van der Waals surface area contributed by atoms with E-state index in [2.05, 4.69) is 159 Å². The summed E-state index contributed by atoms with van der Waals surface area (Å²) >= 11 is 3.96. The Bertz CT molecular complexity index is 2560. The van der Waals surface area contributed by atoms with Gasteiger partial charge in [0, 0.05) is 37.2 Å². The molecule has 0 fully saturated rings. The number of anilines is 2. The predicted molar refractivity (Wildman–Crippen MR) is 216 cm³/mol. The number of fused-ring (bicyclic) bond motifs is 8. The summed E-state index contributed by atoms with van der Waals surface area (Å²) in [4.78, 5) is 5.17. The summed E-state index contributed by atoms with van der Waals surface area (Å²) in [6, 6.07) is 46.6. The van der Waals surface area contributed by atoms with Crippen LogP contribution >= 0.6 is 23.2 Å². The predicted octanol–water partition coefficient (Wildman–Crippen LogP) is 12.4. The molecule has 0 N–H and O–H groups in total. The third kappa shape index (κ3) is 4.27. The first-order valence-electron chi connectivity index (χ1n) is 17.1. The Labute approximate surface area is 301 Å². The topological polar surface area (TPSA) is 16.4 Å². The van der Waals surface area contributed by atoms with Gasteiger partial charge in [-0.1, -0.05) is 124 Å². The molecule has 0 saturated carbocycles. The Hall–Kier alpha value is -5.10. The molecular formula is C45H32BNOS2. The van der Waals surface area contributed by atoms with Crippen molar-refractivity contribution in [3.63, 3.8) is 0 Å². The van der Waals surface area contributed by atoms with Gasteiger partial charge in [0.05, 0.1) is 11.4 Å². The molecule has 0 amide bonds. The molecule has 0 unspecified atom stereocenters. The van der Waals surface area contributed by atoms with Gasteiger partial charge in [0.15, 0.2) is 0 Å². The highest BCUT2D eigenvalue weighted by Crippen LogP contribution is 2.55.